The fraction of sp³-hybridized carbons (Fsp3) is 0.200. The second-order valence-electron chi connectivity index (χ2n) is 3.89. The lowest BCUT2D eigenvalue weighted by Crippen LogP contribution is -1.88. The Morgan fingerprint density at radius 1 is 1.06 bits per heavy atom. The van der Waals surface area contributed by atoms with Gasteiger partial charge in [-0.15, -0.1) is 0 Å². The number of hydrogen-bond acceptors (Lipinski definition) is 1. The summed E-state index contributed by atoms with van der Waals surface area (Å²) in [5.74, 6) is 0.842. The Hall–Kier alpha value is -1.76. The average Bonchev–Trinajstić information content (AvgIpc) is 2.33. The zero-order valence-electron chi connectivity index (χ0n) is 9.87. The maximum absolute atomic E-state index is 5.13. The van der Waals surface area contributed by atoms with E-state index in [1.54, 1.807) is 7.11 Å². The van der Waals surface area contributed by atoms with Gasteiger partial charge in [0.15, 0.2) is 0 Å². The monoisotopic (exact) mass is 211 g/mol. The van der Waals surface area contributed by atoms with E-state index in [1.807, 2.05) is 18.2 Å². The van der Waals surface area contributed by atoms with E-state index in [2.05, 4.69) is 38.1 Å². The van der Waals surface area contributed by atoms with Crippen LogP contribution in [0.3, 0.4) is 0 Å². The molecule has 0 saturated carbocycles. The molecule has 2 rings (SSSR count). The van der Waals surface area contributed by atoms with E-state index in [4.69, 9.17) is 4.74 Å². The SMILES string of the molecule is COc1c[c]c(-c2cccc(C)c2C)cc1. The molecule has 1 nitrogen and oxygen atoms in total. The highest BCUT2D eigenvalue weighted by Gasteiger charge is 2.03. The Morgan fingerprint density at radius 2 is 1.88 bits per heavy atom. The molecule has 1 heteroatoms. The summed E-state index contributed by atoms with van der Waals surface area (Å²) in [6, 6.07) is 15.5. The minimum atomic E-state index is 0.842. The molecule has 0 aliphatic carbocycles. The molecule has 0 atom stereocenters. The molecule has 0 fully saturated rings. The topological polar surface area (TPSA) is 9.23 Å². The smallest absolute Gasteiger partial charge is 0.119 e. The van der Waals surface area contributed by atoms with Crippen molar-refractivity contribution in [3.8, 4) is 16.9 Å². The summed E-state index contributed by atoms with van der Waals surface area (Å²) in [5.41, 5.74) is 4.97. The summed E-state index contributed by atoms with van der Waals surface area (Å²) in [5, 5.41) is 0. The third-order valence-corrected chi connectivity index (χ3v) is 2.91. The third kappa shape index (κ3) is 1.94. The number of hydrogen-bond donors (Lipinski definition) is 0. The van der Waals surface area contributed by atoms with Gasteiger partial charge in [-0.1, -0.05) is 24.3 Å². The quantitative estimate of drug-likeness (QED) is 0.734. The van der Waals surface area contributed by atoms with E-state index in [-0.39, 0.29) is 0 Å². The number of benzene rings is 2. The molecule has 2 aromatic carbocycles. The molecule has 0 aliphatic heterocycles. The van der Waals surface area contributed by atoms with Crippen molar-refractivity contribution >= 4 is 0 Å². The first-order valence-electron chi connectivity index (χ1n) is 5.34. The van der Waals surface area contributed by atoms with Crippen LogP contribution in [0.25, 0.3) is 11.1 Å². The van der Waals surface area contributed by atoms with Crippen LogP contribution in [0, 0.1) is 19.9 Å². The van der Waals surface area contributed by atoms with Crippen LogP contribution in [-0.2, 0) is 0 Å². The lowest BCUT2D eigenvalue weighted by molar-refractivity contribution is 0.415. The van der Waals surface area contributed by atoms with E-state index >= 15 is 0 Å². The van der Waals surface area contributed by atoms with Crippen LogP contribution in [0.4, 0.5) is 0 Å². The molecule has 0 spiro atoms. The Balaban J connectivity index is 2.46. The van der Waals surface area contributed by atoms with Crippen LogP contribution < -0.4 is 4.74 Å². The highest BCUT2D eigenvalue weighted by Crippen LogP contribution is 2.26. The number of rotatable bonds is 2. The number of aryl methyl sites for hydroxylation is 1. The van der Waals surface area contributed by atoms with E-state index in [0.717, 1.165) is 11.3 Å². The van der Waals surface area contributed by atoms with Crippen molar-refractivity contribution in [2.75, 3.05) is 7.11 Å². The summed E-state index contributed by atoms with van der Waals surface area (Å²) in [6.45, 7) is 4.27. The minimum Gasteiger partial charge on any atom is -0.497 e. The second kappa shape index (κ2) is 4.40. The van der Waals surface area contributed by atoms with Crippen molar-refractivity contribution in [2.24, 2.45) is 0 Å². The summed E-state index contributed by atoms with van der Waals surface area (Å²) in [4.78, 5) is 0. The van der Waals surface area contributed by atoms with Crippen molar-refractivity contribution in [3.05, 3.63) is 53.6 Å². The van der Waals surface area contributed by atoms with Crippen molar-refractivity contribution in [3.63, 3.8) is 0 Å². The van der Waals surface area contributed by atoms with Gasteiger partial charge in [0.25, 0.3) is 0 Å². The van der Waals surface area contributed by atoms with Gasteiger partial charge in [0, 0.05) is 0 Å². The lowest BCUT2D eigenvalue weighted by Gasteiger charge is -2.08. The normalized spacial score (nSPS) is 10.2. The summed E-state index contributed by atoms with van der Waals surface area (Å²) >= 11 is 0. The van der Waals surface area contributed by atoms with Crippen LogP contribution in [0.5, 0.6) is 5.75 Å². The van der Waals surface area contributed by atoms with Gasteiger partial charge in [-0.3, -0.25) is 0 Å². The first kappa shape index (κ1) is 10.7. The predicted octanol–water partition coefficient (Wildman–Crippen LogP) is 3.78. The largest absolute Gasteiger partial charge is 0.497 e. The molecular weight excluding hydrogens is 196 g/mol. The molecule has 0 aromatic heterocycles. The standard InChI is InChI=1S/C15H15O/c1-11-5-4-6-15(12(11)2)13-7-9-14(16-3)10-8-13/h4-7,9-10H,1-3H3. The van der Waals surface area contributed by atoms with Gasteiger partial charge in [0.05, 0.1) is 7.11 Å². The van der Waals surface area contributed by atoms with E-state index in [1.165, 1.54) is 16.7 Å². The zero-order chi connectivity index (χ0) is 11.5. The highest BCUT2D eigenvalue weighted by atomic mass is 16.5. The summed E-state index contributed by atoms with van der Waals surface area (Å²) < 4.78 is 5.13. The Labute approximate surface area is 96.7 Å². The molecule has 16 heavy (non-hydrogen) atoms. The van der Waals surface area contributed by atoms with Crippen molar-refractivity contribution < 1.29 is 4.74 Å². The van der Waals surface area contributed by atoms with Crippen LogP contribution in [0.2, 0.25) is 0 Å². The van der Waals surface area contributed by atoms with Gasteiger partial charge in [-0.05, 0) is 54.3 Å². The number of methoxy groups -OCH3 is 1. The second-order valence-corrected chi connectivity index (χ2v) is 3.89. The molecular formula is C15H15O. The first-order chi connectivity index (χ1) is 7.72. The Kier molecular flexibility index (Phi) is 2.95. The van der Waals surface area contributed by atoms with Gasteiger partial charge in [0.1, 0.15) is 5.75 Å². The summed E-state index contributed by atoms with van der Waals surface area (Å²) in [7, 11) is 1.67. The van der Waals surface area contributed by atoms with Crippen molar-refractivity contribution in [1.82, 2.24) is 0 Å². The van der Waals surface area contributed by atoms with Gasteiger partial charge in [0.2, 0.25) is 0 Å². The predicted molar refractivity (Wildman–Crippen MR) is 66.7 cm³/mol. The maximum Gasteiger partial charge on any atom is 0.119 e. The molecule has 0 saturated heterocycles. The van der Waals surface area contributed by atoms with E-state index in [9.17, 15) is 0 Å². The van der Waals surface area contributed by atoms with Crippen molar-refractivity contribution in [1.29, 1.82) is 0 Å². The molecule has 0 N–H and O–H groups in total. The van der Waals surface area contributed by atoms with Gasteiger partial charge < -0.3 is 4.74 Å². The summed E-state index contributed by atoms with van der Waals surface area (Å²) in [6.07, 6.45) is 0. The lowest BCUT2D eigenvalue weighted by atomic mass is 9.97. The van der Waals surface area contributed by atoms with Crippen LogP contribution in [0.1, 0.15) is 11.1 Å². The molecule has 0 heterocycles. The molecule has 0 amide bonds. The molecule has 0 bridgehead atoms. The molecule has 0 aliphatic rings. The third-order valence-electron chi connectivity index (χ3n) is 2.91. The fourth-order valence-electron chi connectivity index (χ4n) is 1.75. The first-order valence-corrected chi connectivity index (χ1v) is 5.34. The Bertz CT molecular complexity index is 483. The van der Waals surface area contributed by atoms with E-state index in [0.29, 0.717) is 0 Å². The average molecular weight is 211 g/mol. The van der Waals surface area contributed by atoms with Gasteiger partial charge >= 0.3 is 0 Å². The van der Waals surface area contributed by atoms with E-state index < -0.39 is 0 Å². The highest BCUT2D eigenvalue weighted by molar-refractivity contribution is 5.68. The molecule has 0 unspecified atom stereocenters. The van der Waals surface area contributed by atoms with Gasteiger partial charge in [-0.2, -0.15) is 0 Å². The minimum absolute atomic E-state index is 0.842. The molecule has 1 radical (unpaired) electrons. The zero-order valence-corrected chi connectivity index (χ0v) is 9.87. The van der Waals surface area contributed by atoms with Crippen LogP contribution >= 0.6 is 0 Å². The Morgan fingerprint density at radius 3 is 2.50 bits per heavy atom. The van der Waals surface area contributed by atoms with Gasteiger partial charge in [-0.25, -0.2) is 0 Å². The fourth-order valence-corrected chi connectivity index (χ4v) is 1.75. The maximum atomic E-state index is 5.13. The van der Waals surface area contributed by atoms with Crippen molar-refractivity contribution in [2.45, 2.75) is 13.8 Å². The van der Waals surface area contributed by atoms with Crippen LogP contribution in [0.15, 0.2) is 36.4 Å². The molecule has 81 valence electrons. The number of ether oxygens (including phenoxy) is 1. The van der Waals surface area contributed by atoms with Crippen LogP contribution in [-0.4, -0.2) is 7.11 Å². The molecule has 2 aromatic rings.